The average Bonchev–Trinajstić information content (AvgIpc) is 3.13. The summed E-state index contributed by atoms with van der Waals surface area (Å²) in [7, 11) is 0. The van der Waals surface area contributed by atoms with Gasteiger partial charge in [0.15, 0.2) is 0 Å². The molecular formula is C15H13N3O2S. The lowest BCUT2D eigenvalue weighted by atomic mass is 10.1. The van der Waals surface area contributed by atoms with Crippen molar-refractivity contribution in [2.45, 2.75) is 12.8 Å². The van der Waals surface area contributed by atoms with Crippen molar-refractivity contribution in [3.05, 3.63) is 64.2 Å². The van der Waals surface area contributed by atoms with Crippen LogP contribution in [0.2, 0.25) is 0 Å². The van der Waals surface area contributed by atoms with Gasteiger partial charge in [0.25, 0.3) is 0 Å². The number of carbonyl (C=O) groups excluding carboxylic acids is 1. The molecule has 0 fully saturated rings. The summed E-state index contributed by atoms with van der Waals surface area (Å²) in [4.78, 5) is 13.0. The molecule has 0 aliphatic carbocycles. The SMILES string of the molecule is O=C(Cc1ccccc1)Nc1nnc(Cc2cccs2)o1. The molecule has 2 aromatic heterocycles. The highest BCUT2D eigenvalue weighted by atomic mass is 32.1. The number of nitrogens with zero attached hydrogens (tertiary/aromatic N) is 2. The molecule has 106 valence electrons. The van der Waals surface area contributed by atoms with Gasteiger partial charge in [-0.15, -0.1) is 16.4 Å². The van der Waals surface area contributed by atoms with Crippen molar-refractivity contribution in [3.63, 3.8) is 0 Å². The normalized spacial score (nSPS) is 10.5. The van der Waals surface area contributed by atoms with Gasteiger partial charge in [-0.3, -0.25) is 10.1 Å². The van der Waals surface area contributed by atoms with Crippen LogP contribution < -0.4 is 5.32 Å². The molecule has 6 heteroatoms. The smallest absolute Gasteiger partial charge is 0.322 e. The van der Waals surface area contributed by atoms with E-state index in [0.717, 1.165) is 10.4 Å². The first-order chi connectivity index (χ1) is 10.3. The van der Waals surface area contributed by atoms with E-state index >= 15 is 0 Å². The van der Waals surface area contributed by atoms with Gasteiger partial charge >= 0.3 is 6.01 Å². The minimum absolute atomic E-state index is 0.141. The summed E-state index contributed by atoms with van der Waals surface area (Å²) in [5.41, 5.74) is 0.938. The van der Waals surface area contributed by atoms with Crippen molar-refractivity contribution in [1.29, 1.82) is 0 Å². The highest BCUT2D eigenvalue weighted by Gasteiger charge is 2.11. The Bertz CT molecular complexity index is 708. The standard InChI is InChI=1S/C15H13N3O2S/c19-13(9-11-5-2-1-3-6-11)16-15-18-17-14(20-15)10-12-7-4-8-21-12/h1-8H,9-10H2,(H,16,18,19). The summed E-state index contributed by atoms with van der Waals surface area (Å²) in [5, 5.41) is 12.4. The fourth-order valence-corrected chi connectivity index (χ4v) is 2.58. The minimum atomic E-state index is -0.174. The molecule has 1 N–H and O–H groups in total. The number of amides is 1. The number of benzene rings is 1. The zero-order valence-corrected chi connectivity index (χ0v) is 12.0. The molecule has 0 spiro atoms. The predicted octanol–water partition coefficient (Wildman–Crippen LogP) is 2.90. The van der Waals surface area contributed by atoms with E-state index in [0.29, 0.717) is 12.3 Å². The molecule has 0 bridgehead atoms. The molecule has 5 nitrogen and oxygen atoms in total. The number of rotatable bonds is 5. The molecule has 3 aromatic rings. The van der Waals surface area contributed by atoms with Crippen molar-refractivity contribution in [2.75, 3.05) is 5.32 Å². The zero-order valence-electron chi connectivity index (χ0n) is 11.2. The summed E-state index contributed by atoms with van der Waals surface area (Å²) in [5.74, 6) is 0.319. The highest BCUT2D eigenvalue weighted by Crippen LogP contribution is 2.15. The van der Waals surface area contributed by atoms with E-state index in [1.54, 1.807) is 11.3 Å². The lowest BCUT2D eigenvalue weighted by Gasteiger charge is -2.00. The van der Waals surface area contributed by atoms with Crippen LogP contribution in [0.5, 0.6) is 0 Å². The van der Waals surface area contributed by atoms with Gasteiger partial charge in [-0.1, -0.05) is 41.5 Å². The van der Waals surface area contributed by atoms with Crippen molar-refractivity contribution in [3.8, 4) is 0 Å². The molecule has 0 saturated carbocycles. The molecule has 0 atom stereocenters. The Balaban J connectivity index is 1.58. The van der Waals surface area contributed by atoms with Crippen molar-refractivity contribution < 1.29 is 9.21 Å². The maximum Gasteiger partial charge on any atom is 0.322 e. The number of carbonyl (C=O) groups is 1. The second kappa shape index (κ2) is 6.32. The predicted molar refractivity (Wildman–Crippen MR) is 80.2 cm³/mol. The highest BCUT2D eigenvalue weighted by molar-refractivity contribution is 7.09. The molecular weight excluding hydrogens is 286 g/mol. The van der Waals surface area contributed by atoms with Gasteiger partial charge in [0, 0.05) is 4.88 Å². The lowest BCUT2D eigenvalue weighted by Crippen LogP contribution is -2.14. The maximum atomic E-state index is 11.9. The summed E-state index contributed by atoms with van der Waals surface area (Å²) in [6.45, 7) is 0. The quantitative estimate of drug-likeness (QED) is 0.786. The van der Waals surface area contributed by atoms with Crippen LogP contribution in [-0.2, 0) is 17.6 Å². The van der Waals surface area contributed by atoms with Crippen LogP contribution in [0.4, 0.5) is 6.01 Å². The van der Waals surface area contributed by atoms with Crippen molar-refractivity contribution in [2.24, 2.45) is 0 Å². The molecule has 0 aliphatic rings. The number of nitrogens with one attached hydrogen (secondary N) is 1. The molecule has 0 unspecified atom stereocenters. The van der Waals surface area contributed by atoms with E-state index in [4.69, 9.17) is 4.42 Å². The summed E-state index contributed by atoms with van der Waals surface area (Å²) in [6.07, 6.45) is 0.864. The van der Waals surface area contributed by atoms with E-state index in [9.17, 15) is 4.79 Å². The monoisotopic (exact) mass is 299 g/mol. The zero-order chi connectivity index (χ0) is 14.5. The first kappa shape index (κ1) is 13.5. The maximum absolute atomic E-state index is 11.9. The van der Waals surface area contributed by atoms with Gasteiger partial charge < -0.3 is 4.42 Å². The molecule has 2 heterocycles. The molecule has 0 saturated heterocycles. The van der Waals surface area contributed by atoms with Crippen LogP contribution in [0.25, 0.3) is 0 Å². The summed E-state index contributed by atoms with van der Waals surface area (Å²) >= 11 is 1.63. The Morgan fingerprint density at radius 2 is 2.00 bits per heavy atom. The number of hydrogen-bond donors (Lipinski definition) is 1. The number of aromatic nitrogens is 2. The third-order valence-electron chi connectivity index (χ3n) is 2.83. The van der Waals surface area contributed by atoms with Crippen LogP contribution in [0.1, 0.15) is 16.3 Å². The van der Waals surface area contributed by atoms with E-state index in [1.165, 1.54) is 0 Å². The second-order valence-electron chi connectivity index (χ2n) is 4.47. The summed E-state index contributed by atoms with van der Waals surface area (Å²) in [6, 6.07) is 13.6. The Labute approximate surface area is 125 Å². The Morgan fingerprint density at radius 3 is 2.76 bits per heavy atom. The van der Waals surface area contributed by atoms with E-state index in [-0.39, 0.29) is 18.3 Å². The van der Waals surface area contributed by atoms with Crippen molar-refractivity contribution in [1.82, 2.24) is 10.2 Å². The fourth-order valence-electron chi connectivity index (χ4n) is 1.88. The molecule has 3 rings (SSSR count). The number of anilines is 1. The molecule has 21 heavy (non-hydrogen) atoms. The molecule has 1 aromatic carbocycles. The van der Waals surface area contributed by atoms with Gasteiger partial charge in [0.2, 0.25) is 11.8 Å². The minimum Gasteiger partial charge on any atom is -0.407 e. The van der Waals surface area contributed by atoms with Crippen LogP contribution in [0, 0.1) is 0 Å². The van der Waals surface area contributed by atoms with E-state index < -0.39 is 0 Å². The average molecular weight is 299 g/mol. The van der Waals surface area contributed by atoms with Gasteiger partial charge in [0.1, 0.15) is 0 Å². The first-order valence-corrected chi connectivity index (χ1v) is 7.36. The number of hydrogen-bond acceptors (Lipinski definition) is 5. The molecule has 0 aliphatic heterocycles. The fraction of sp³-hybridized carbons (Fsp3) is 0.133. The largest absolute Gasteiger partial charge is 0.407 e. The second-order valence-corrected chi connectivity index (χ2v) is 5.50. The van der Waals surface area contributed by atoms with E-state index in [2.05, 4.69) is 15.5 Å². The Kier molecular flexibility index (Phi) is 4.07. The third-order valence-corrected chi connectivity index (χ3v) is 3.70. The molecule has 1 amide bonds. The Hall–Kier alpha value is -2.47. The Morgan fingerprint density at radius 1 is 1.14 bits per heavy atom. The lowest BCUT2D eigenvalue weighted by molar-refractivity contribution is -0.115. The van der Waals surface area contributed by atoms with Crippen LogP contribution in [0.15, 0.2) is 52.3 Å². The van der Waals surface area contributed by atoms with Crippen LogP contribution in [-0.4, -0.2) is 16.1 Å². The van der Waals surface area contributed by atoms with Crippen molar-refractivity contribution >= 4 is 23.3 Å². The molecule has 0 radical (unpaired) electrons. The van der Waals surface area contributed by atoms with Gasteiger partial charge in [-0.2, -0.15) is 0 Å². The van der Waals surface area contributed by atoms with E-state index in [1.807, 2.05) is 47.8 Å². The van der Waals surface area contributed by atoms with Gasteiger partial charge in [-0.25, -0.2) is 0 Å². The summed E-state index contributed by atoms with van der Waals surface area (Å²) < 4.78 is 5.42. The first-order valence-electron chi connectivity index (χ1n) is 6.48. The number of thiophene rings is 1. The third kappa shape index (κ3) is 3.76. The topological polar surface area (TPSA) is 68.0 Å². The van der Waals surface area contributed by atoms with Gasteiger partial charge in [0.05, 0.1) is 12.8 Å². The van der Waals surface area contributed by atoms with Crippen LogP contribution >= 0.6 is 11.3 Å². The van der Waals surface area contributed by atoms with Gasteiger partial charge in [-0.05, 0) is 17.0 Å². The van der Waals surface area contributed by atoms with Crippen LogP contribution in [0.3, 0.4) is 0 Å².